The molecule has 8 heteroatoms. The van der Waals surface area contributed by atoms with E-state index in [0.29, 0.717) is 19.4 Å². The maximum Gasteiger partial charge on any atom is 0.351 e. The third-order valence-corrected chi connectivity index (χ3v) is 13.5. The van der Waals surface area contributed by atoms with Gasteiger partial charge >= 0.3 is 17.9 Å². The molecule has 2 aromatic rings. The van der Waals surface area contributed by atoms with Crippen LogP contribution in [-0.2, 0) is 33.0 Å². The quantitative estimate of drug-likeness (QED) is 0.114. The van der Waals surface area contributed by atoms with Crippen molar-refractivity contribution >= 4 is 36.6 Å². The fourth-order valence-electron chi connectivity index (χ4n) is 6.46. The molecule has 0 saturated heterocycles. The van der Waals surface area contributed by atoms with E-state index >= 15 is 0 Å². The number of esters is 3. The van der Waals surface area contributed by atoms with Crippen LogP contribution in [0.4, 0.5) is 0 Å². The van der Waals surface area contributed by atoms with Crippen LogP contribution in [0.3, 0.4) is 0 Å². The predicted molar refractivity (Wildman–Crippen MR) is 166 cm³/mol. The van der Waals surface area contributed by atoms with Crippen LogP contribution in [0.2, 0.25) is 5.04 Å². The molecule has 228 valence electrons. The summed E-state index contributed by atoms with van der Waals surface area (Å²) in [5, 5.41) is 2.16. The Hall–Kier alpha value is -3.23. The lowest BCUT2D eigenvalue weighted by Gasteiger charge is -2.49. The molecule has 2 aromatic carbocycles. The summed E-state index contributed by atoms with van der Waals surface area (Å²) in [6.07, 6.45) is 3.20. The summed E-state index contributed by atoms with van der Waals surface area (Å²) < 4.78 is 23.5. The second-order valence-electron chi connectivity index (χ2n) is 12.5. The van der Waals surface area contributed by atoms with E-state index in [9.17, 15) is 14.4 Å². The molecular formula is C34H46O7Si. The summed E-state index contributed by atoms with van der Waals surface area (Å²) in [7, 11) is -1.51. The van der Waals surface area contributed by atoms with Gasteiger partial charge in [-0.15, -0.1) is 0 Å². The van der Waals surface area contributed by atoms with E-state index in [1.165, 1.54) is 31.3 Å². The molecule has 0 spiro atoms. The molecule has 0 fully saturated rings. The molecule has 0 N–H and O–H groups in total. The van der Waals surface area contributed by atoms with Gasteiger partial charge in [0.2, 0.25) is 5.60 Å². The van der Waals surface area contributed by atoms with Gasteiger partial charge < -0.3 is 18.6 Å². The van der Waals surface area contributed by atoms with Crippen molar-refractivity contribution in [3.05, 3.63) is 72.3 Å². The van der Waals surface area contributed by atoms with E-state index in [2.05, 4.69) is 69.3 Å². The van der Waals surface area contributed by atoms with Gasteiger partial charge in [-0.3, -0.25) is 9.59 Å². The van der Waals surface area contributed by atoms with Crippen LogP contribution in [0.15, 0.2) is 72.3 Å². The number of carbonyl (C=O) groups excluding carboxylic acids is 3. The predicted octanol–water partition coefficient (Wildman–Crippen LogP) is 5.35. The fraction of sp³-hybridized carbons (Fsp3) is 0.500. The van der Waals surface area contributed by atoms with Crippen LogP contribution >= 0.6 is 0 Å². The summed E-state index contributed by atoms with van der Waals surface area (Å²) in [5.41, 5.74) is -1.42. The lowest BCUT2D eigenvalue weighted by Crippen LogP contribution is -2.67. The van der Waals surface area contributed by atoms with E-state index in [0.717, 1.165) is 5.57 Å². The van der Waals surface area contributed by atoms with Gasteiger partial charge in [-0.2, -0.15) is 0 Å². The third kappa shape index (κ3) is 6.70. The largest absolute Gasteiger partial charge is 0.466 e. The average molecular weight is 595 g/mol. The summed E-state index contributed by atoms with van der Waals surface area (Å²) in [4.78, 5) is 37.2. The summed E-state index contributed by atoms with van der Waals surface area (Å²) in [6.45, 7) is 13.9. The Morgan fingerprint density at radius 1 is 0.929 bits per heavy atom. The minimum absolute atomic E-state index is 0.136. The molecule has 7 nitrogen and oxygen atoms in total. The summed E-state index contributed by atoms with van der Waals surface area (Å²) in [6, 6.07) is 20.9. The fourth-order valence-corrected chi connectivity index (χ4v) is 11.0. The minimum Gasteiger partial charge on any atom is -0.466 e. The monoisotopic (exact) mass is 594 g/mol. The van der Waals surface area contributed by atoms with E-state index in [1.54, 1.807) is 0 Å². The summed E-state index contributed by atoms with van der Waals surface area (Å²) >= 11 is 0. The van der Waals surface area contributed by atoms with E-state index in [1.807, 2.05) is 32.1 Å². The van der Waals surface area contributed by atoms with Gasteiger partial charge in [0.1, 0.15) is 0 Å². The van der Waals surface area contributed by atoms with Gasteiger partial charge in [-0.05, 0) is 39.7 Å². The molecule has 0 saturated carbocycles. The maximum atomic E-state index is 13.4. The van der Waals surface area contributed by atoms with Crippen molar-refractivity contribution in [3.8, 4) is 0 Å². The average Bonchev–Trinajstić information content (AvgIpc) is 2.93. The molecule has 0 bridgehead atoms. The number of methoxy groups -OCH3 is 1. The van der Waals surface area contributed by atoms with Gasteiger partial charge in [0, 0.05) is 25.7 Å². The molecule has 0 heterocycles. The van der Waals surface area contributed by atoms with Crippen LogP contribution < -0.4 is 10.4 Å². The second-order valence-corrected chi connectivity index (χ2v) is 16.9. The minimum atomic E-state index is -2.82. The Labute approximate surface area is 251 Å². The zero-order chi connectivity index (χ0) is 31.2. The van der Waals surface area contributed by atoms with Crippen molar-refractivity contribution in [1.29, 1.82) is 0 Å². The molecule has 0 radical (unpaired) electrons. The molecule has 42 heavy (non-hydrogen) atoms. The first-order valence-corrected chi connectivity index (χ1v) is 16.5. The smallest absolute Gasteiger partial charge is 0.351 e. The number of hydrogen-bond donors (Lipinski definition) is 0. The number of carbonyl (C=O) groups is 3. The van der Waals surface area contributed by atoms with Crippen molar-refractivity contribution in [2.75, 3.05) is 20.3 Å². The van der Waals surface area contributed by atoms with Crippen molar-refractivity contribution in [2.45, 2.75) is 78.4 Å². The number of ether oxygens (including phenoxy) is 3. The van der Waals surface area contributed by atoms with Gasteiger partial charge in [-0.1, -0.05) is 101 Å². The van der Waals surface area contributed by atoms with Crippen LogP contribution in [0, 0.1) is 11.3 Å². The lowest BCUT2D eigenvalue weighted by molar-refractivity contribution is -0.198. The SMILES string of the molecule is COC(=O)[C@]1(OC(C)=O)C[C@H](C)C(CO[Si](c2ccccc2)(c2ccccc2)C(C)(C)C)=C[C@]1(C)CCCOC(C)=O. The molecule has 0 unspecified atom stereocenters. The number of rotatable bonds is 11. The Morgan fingerprint density at radius 3 is 1.93 bits per heavy atom. The lowest BCUT2D eigenvalue weighted by atomic mass is 9.61. The Kier molecular flexibility index (Phi) is 10.6. The molecule has 3 rings (SSSR count). The highest BCUT2D eigenvalue weighted by atomic mass is 28.4. The molecule has 0 aromatic heterocycles. The van der Waals surface area contributed by atoms with E-state index in [-0.39, 0.29) is 30.0 Å². The topological polar surface area (TPSA) is 88.1 Å². The molecule has 0 amide bonds. The number of hydrogen-bond acceptors (Lipinski definition) is 7. The van der Waals surface area contributed by atoms with E-state index < -0.39 is 31.3 Å². The first-order valence-electron chi connectivity index (χ1n) is 14.6. The van der Waals surface area contributed by atoms with Crippen LogP contribution in [0.1, 0.15) is 67.7 Å². The van der Waals surface area contributed by atoms with Gasteiger partial charge in [-0.25, -0.2) is 4.79 Å². The molecule has 1 aliphatic rings. The molecule has 0 aliphatic heterocycles. The zero-order valence-corrected chi connectivity index (χ0v) is 27.3. The first kappa shape index (κ1) is 33.3. The Morgan fingerprint density at radius 2 is 1.48 bits per heavy atom. The van der Waals surface area contributed by atoms with Crippen molar-refractivity contribution < 1.29 is 33.0 Å². The number of benzene rings is 2. The van der Waals surface area contributed by atoms with Crippen molar-refractivity contribution in [1.82, 2.24) is 0 Å². The zero-order valence-electron chi connectivity index (χ0n) is 26.3. The van der Waals surface area contributed by atoms with Crippen LogP contribution in [0.5, 0.6) is 0 Å². The third-order valence-electron chi connectivity index (χ3n) is 8.50. The van der Waals surface area contributed by atoms with E-state index in [4.69, 9.17) is 18.6 Å². The van der Waals surface area contributed by atoms with Crippen LogP contribution in [-0.4, -0.2) is 52.1 Å². The Balaban J connectivity index is 2.12. The normalized spacial score (nSPS) is 22.6. The molecule has 3 atom stereocenters. The van der Waals surface area contributed by atoms with Gasteiger partial charge in [0.05, 0.1) is 20.3 Å². The molecule has 1 aliphatic carbocycles. The highest BCUT2D eigenvalue weighted by molar-refractivity contribution is 6.99. The second kappa shape index (κ2) is 13.4. The molecular weight excluding hydrogens is 548 g/mol. The Bertz CT molecular complexity index is 1230. The first-order chi connectivity index (χ1) is 19.7. The van der Waals surface area contributed by atoms with Crippen LogP contribution in [0.25, 0.3) is 0 Å². The van der Waals surface area contributed by atoms with Crippen molar-refractivity contribution in [3.63, 3.8) is 0 Å². The highest BCUT2D eigenvalue weighted by Gasteiger charge is 2.60. The van der Waals surface area contributed by atoms with Crippen molar-refractivity contribution in [2.24, 2.45) is 11.3 Å². The van der Waals surface area contributed by atoms with Gasteiger partial charge in [0.25, 0.3) is 8.32 Å². The standard InChI is InChI=1S/C34H46O7Si/c1-25-22-34(31(37)38-8,41-27(3)36)33(7,20-15-21-39-26(2)35)23-28(25)24-40-42(32(4,5)6,29-16-11-9-12-17-29)30-18-13-10-14-19-30/h9-14,16-19,23,25H,15,20-22,24H2,1-8H3/t25-,33-,34+/m0/s1. The summed E-state index contributed by atoms with van der Waals surface area (Å²) in [5.74, 6) is -1.66. The highest BCUT2D eigenvalue weighted by Crippen LogP contribution is 2.51. The van der Waals surface area contributed by atoms with Gasteiger partial charge in [0.15, 0.2) is 0 Å². The maximum absolute atomic E-state index is 13.4.